The standard InChI is InChI=1S/C18H33P.C9H9BBrO2/c1-4-10-16(11-5-1)19(17-12-6-2-7-13-17)18-14-8-3-9-15-18;1-7(13-9(12)10-11)8-5-3-2-4-6-8/h16-18H,1-15H2;2-7H,1H3/t;7-/m.0/s1. The van der Waals surface area contributed by atoms with Crippen molar-refractivity contribution in [1.82, 2.24) is 0 Å². The predicted octanol–water partition coefficient (Wildman–Crippen LogP) is 9.36. The van der Waals surface area contributed by atoms with E-state index in [9.17, 15) is 4.79 Å². The topological polar surface area (TPSA) is 26.3 Å². The van der Waals surface area contributed by atoms with Crippen LogP contribution in [0, 0.1) is 0 Å². The van der Waals surface area contributed by atoms with E-state index in [1.807, 2.05) is 37.3 Å². The van der Waals surface area contributed by atoms with Gasteiger partial charge in [-0.2, -0.15) is 0 Å². The maximum atomic E-state index is 10.9. The molecule has 3 fully saturated rings. The summed E-state index contributed by atoms with van der Waals surface area (Å²) >= 11 is 2.92. The first kappa shape index (κ1) is 26.3. The van der Waals surface area contributed by atoms with Crippen LogP contribution in [0.1, 0.15) is 115 Å². The molecule has 3 aliphatic carbocycles. The van der Waals surface area contributed by atoms with Crippen LogP contribution in [0.4, 0.5) is 4.79 Å². The maximum absolute atomic E-state index is 10.9. The fourth-order valence-corrected chi connectivity index (χ4v) is 10.8. The van der Waals surface area contributed by atoms with Gasteiger partial charge in [-0.1, -0.05) is 96.0 Å². The second-order valence-electron chi connectivity index (χ2n) is 9.92. The first-order valence-corrected chi connectivity index (χ1v) is 15.6. The minimum Gasteiger partial charge on any atom is -0.465 e. The Morgan fingerprint density at radius 3 is 1.59 bits per heavy atom. The molecule has 177 valence electrons. The number of carbonyl (C=O) groups excluding carboxylic acids is 1. The molecule has 0 N–H and O–H groups in total. The summed E-state index contributed by atoms with van der Waals surface area (Å²) < 4.78 is 5.04. The van der Waals surface area contributed by atoms with Crippen molar-refractivity contribution in [3.05, 3.63) is 35.9 Å². The van der Waals surface area contributed by atoms with E-state index in [1.54, 1.807) is 77.0 Å². The van der Waals surface area contributed by atoms with Crippen LogP contribution in [0.25, 0.3) is 0 Å². The van der Waals surface area contributed by atoms with Crippen molar-refractivity contribution in [3.8, 4) is 0 Å². The molecule has 0 bridgehead atoms. The second-order valence-corrected chi connectivity index (χ2v) is 13.5. The van der Waals surface area contributed by atoms with Crippen LogP contribution in [-0.4, -0.2) is 28.9 Å². The van der Waals surface area contributed by atoms with Crippen molar-refractivity contribution in [1.29, 1.82) is 0 Å². The summed E-state index contributed by atoms with van der Waals surface area (Å²) in [6.45, 7) is 1.84. The fourth-order valence-electron chi connectivity index (χ4n) is 6.02. The zero-order chi connectivity index (χ0) is 22.6. The largest absolute Gasteiger partial charge is 0.465 e. The lowest BCUT2D eigenvalue weighted by molar-refractivity contribution is 0.132. The zero-order valence-corrected chi connectivity index (χ0v) is 22.5. The van der Waals surface area contributed by atoms with Crippen LogP contribution in [-0.2, 0) is 4.74 Å². The second kappa shape index (κ2) is 14.8. The molecule has 0 unspecified atom stereocenters. The van der Waals surface area contributed by atoms with Crippen LogP contribution in [0.2, 0.25) is 0 Å². The third-order valence-corrected chi connectivity index (χ3v) is 12.1. The summed E-state index contributed by atoms with van der Waals surface area (Å²) in [5, 5.41) is 0. The first-order valence-electron chi connectivity index (χ1n) is 13.2. The lowest BCUT2D eigenvalue weighted by atomic mass is 9.99. The van der Waals surface area contributed by atoms with Gasteiger partial charge in [0.1, 0.15) is 6.10 Å². The van der Waals surface area contributed by atoms with Crippen LogP contribution in [0.5, 0.6) is 0 Å². The molecule has 4 rings (SSSR count). The van der Waals surface area contributed by atoms with Gasteiger partial charge in [0.2, 0.25) is 0 Å². The summed E-state index contributed by atoms with van der Waals surface area (Å²) in [6, 6.07) is 9.60. The molecule has 3 aliphatic rings. The van der Waals surface area contributed by atoms with E-state index >= 15 is 0 Å². The highest BCUT2D eigenvalue weighted by atomic mass is 79.9. The van der Waals surface area contributed by atoms with Crippen LogP contribution >= 0.6 is 23.7 Å². The Bertz CT molecular complexity index is 598. The van der Waals surface area contributed by atoms with Gasteiger partial charge in [0.05, 0.1) is 0 Å². The van der Waals surface area contributed by atoms with Crippen molar-refractivity contribution in [3.63, 3.8) is 0 Å². The molecule has 1 aromatic carbocycles. The Morgan fingerprint density at radius 1 is 0.812 bits per heavy atom. The van der Waals surface area contributed by atoms with Crippen molar-refractivity contribution in [2.24, 2.45) is 0 Å². The van der Waals surface area contributed by atoms with E-state index in [2.05, 4.69) is 15.8 Å². The van der Waals surface area contributed by atoms with E-state index in [0.29, 0.717) is 7.92 Å². The molecule has 0 aliphatic heterocycles. The normalized spacial score (nSPS) is 22.0. The Hall–Kier alpha value is -0.335. The number of halogens is 1. The van der Waals surface area contributed by atoms with Gasteiger partial charge in [0.15, 0.2) is 0 Å². The third kappa shape index (κ3) is 8.46. The minimum absolute atomic E-state index is 0.206. The quantitative estimate of drug-likeness (QED) is 0.276. The van der Waals surface area contributed by atoms with E-state index in [4.69, 9.17) is 4.74 Å². The molecule has 3 saturated carbocycles. The highest BCUT2D eigenvalue weighted by Gasteiger charge is 2.36. The summed E-state index contributed by atoms with van der Waals surface area (Å²) in [5.74, 6) is -0.364. The monoisotopic (exact) mass is 519 g/mol. The van der Waals surface area contributed by atoms with Crippen molar-refractivity contribution in [2.45, 2.75) is 126 Å². The molecule has 0 heterocycles. The van der Waals surface area contributed by atoms with Gasteiger partial charge < -0.3 is 4.74 Å². The van der Waals surface area contributed by atoms with Crippen LogP contribution in [0.3, 0.4) is 0 Å². The molecule has 5 heteroatoms. The smallest absolute Gasteiger partial charge is 0.350 e. The molecule has 32 heavy (non-hydrogen) atoms. The zero-order valence-electron chi connectivity index (χ0n) is 20.0. The summed E-state index contributed by atoms with van der Waals surface area (Å²) in [5.41, 5.74) is 4.56. The number of carbonyl (C=O) groups is 1. The number of hydrogen-bond acceptors (Lipinski definition) is 2. The number of rotatable bonds is 6. The van der Waals surface area contributed by atoms with Gasteiger partial charge in [0.25, 0.3) is 5.87 Å². The van der Waals surface area contributed by atoms with Gasteiger partial charge in [-0.25, -0.2) is 0 Å². The summed E-state index contributed by atoms with van der Waals surface area (Å²) in [7, 11) is 0.385. The van der Waals surface area contributed by atoms with Crippen molar-refractivity contribution in [2.75, 3.05) is 0 Å². The molecule has 2 nitrogen and oxygen atoms in total. The van der Waals surface area contributed by atoms with Gasteiger partial charge in [-0.05, 0) is 68.0 Å². The highest BCUT2D eigenvalue weighted by molar-refractivity contribution is 9.24. The summed E-state index contributed by atoms with van der Waals surface area (Å²) in [4.78, 5) is 10.9. The number of benzene rings is 1. The van der Waals surface area contributed by atoms with Gasteiger partial charge >= 0.3 is 6.10 Å². The maximum Gasteiger partial charge on any atom is 0.350 e. The molecular formula is C27H42BBrO2P. The van der Waals surface area contributed by atoms with E-state index in [-0.39, 0.29) is 12.0 Å². The average Bonchev–Trinajstić information content (AvgIpc) is 2.87. The van der Waals surface area contributed by atoms with Crippen LogP contribution in [0.15, 0.2) is 30.3 Å². The Balaban J connectivity index is 0.000000195. The number of ether oxygens (including phenoxy) is 1. The van der Waals surface area contributed by atoms with E-state index in [1.165, 1.54) is 42.3 Å². The lowest BCUT2D eigenvalue weighted by Gasteiger charge is -2.44. The molecule has 0 saturated heterocycles. The minimum atomic E-state index is -0.364. The van der Waals surface area contributed by atoms with Crippen LogP contribution < -0.4 is 0 Å². The van der Waals surface area contributed by atoms with E-state index < -0.39 is 0 Å². The fraction of sp³-hybridized carbons (Fsp3) is 0.741. The Kier molecular flexibility index (Phi) is 12.2. The van der Waals surface area contributed by atoms with Crippen molar-refractivity contribution < 1.29 is 9.53 Å². The molecular weight excluding hydrogens is 478 g/mol. The highest BCUT2D eigenvalue weighted by Crippen LogP contribution is 2.61. The van der Waals surface area contributed by atoms with Gasteiger partial charge in [0, 0.05) is 0 Å². The molecule has 1 radical (unpaired) electrons. The number of hydrogen-bond donors (Lipinski definition) is 0. The lowest BCUT2D eigenvalue weighted by Crippen LogP contribution is -2.28. The van der Waals surface area contributed by atoms with Gasteiger partial charge in [-0.15, -0.1) is 15.8 Å². The SMILES string of the molecule is C1CCC(P(C2CCCCC2)C2CCCCC2)CC1.C[C@H](OC(=O)[B]Br)c1ccccc1. The van der Waals surface area contributed by atoms with E-state index in [0.717, 1.165) is 5.56 Å². The van der Waals surface area contributed by atoms with Crippen molar-refractivity contribution >= 4 is 35.7 Å². The molecule has 0 amide bonds. The molecule has 1 atom stereocenters. The summed E-state index contributed by atoms with van der Waals surface area (Å²) in [6.07, 6.45) is 24.6. The third-order valence-electron chi connectivity index (χ3n) is 7.64. The molecule has 0 spiro atoms. The van der Waals surface area contributed by atoms with Gasteiger partial charge in [-0.3, -0.25) is 4.79 Å². The first-order chi connectivity index (χ1) is 15.7. The average molecular weight is 520 g/mol. The molecule has 1 aromatic rings. The predicted molar refractivity (Wildman–Crippen MR) is 144 cm³/mol. The Labute approximate surface area is 207 Å². The molecule has 0 aromatic heterocycles. The Morgan fingerprint density at radius 2 is 1.22 bits per heavy atom.